The first-order valence-corrected chi connectivity index (χ1v) is 13.9. The summed E-state index contributed by atoms with van der Waals surface area (Å²) in [7, 11) is -2.31. The van der Waals surface area contributed by atoms with E-state index in [1.807, 2.05) is 0 Å². The Morgan fingerprint density at radius 3 is 2.41 bits per heavy atom. The topological polar surface area (TPSA) is 115 Å². The molecule has 39 heavy (non-hydrogen) atoms. The highest BCUT2D eigenvalue weighted by atomic mass is 32.2. The van der Waals surface area contributed by atoms with Gasteiger partial charge in [0.15, 0.2) is 9.84 Å². The molecule has 1 aromatic heterocycles. The smallest absolute Gasteiger partial charge is 0.406 e. The first-order chi connectivity index (χ1) is 18.3. The van der Waals surface area contributed by atoms with Crippen molar-refractivity contribution in [3.05, 3.63) is 71.7 Å². The van der Waals surface area contributed by atoms with Crippen LogP contribution in [-0.2, 0) is 16.4 Å². The van der Waals surface area contributed by atoms with Gasteiger partial charge < -0.3 is 15.4 Å². The number of sulfone groups is 1. The zero-order chi connectivity index (χ0) is 28.3. The maximum atomic E-state index is 14.3. The van der Waals surface area contributed by atoms with Crippen LogP contribution in [0.25, 0.3) is 11.3 Å². The molecule has 2 atom stereocenters. The van der Waals surface area contributed by atoms with E-state index in [0.29, 0.717) is 22.5 Å². The number of halogens is 4. The van der Waals surface area contributed by atoms with Gasteiger partial charge >= 0.3 is 6.18 Å². The summed E-state index contributed by atoms with van der Waals surface area (Å²) < 4.78 is 86.6. The Morgan fingerprint density at radius 2 is 1.82 bits per heavy atom. The Balaban J connectivity index is 1.64. The lowest BCUT2D eigenvalue weighted by Gasteiger charge is -2.50. The van der Waals surface area contributed by atoms with Crippen molar-refractivity contribution in [2.75, 3.05) is 18.3 Å². The first kappa shape index (κ1) is 27.3. The molecule has 0 saturated heterocycles. The van der Waals surface area contributed by atoms with E-state index in [9.17, 15) is 26.0 Å². The van der Waals surface area contributed by atoms with Crippen molar-refractivity contribution >= 4 is 15.5 Å². The van der Waals surface area contributed by atoms with E-state index < -0.39 is 39.8 Å². The minimum Gasteiger partial charge on any atom is -0.495 e. The standard InChI is InChI=1S/C26H27F4N5O3S/c1-38-20-9-6-16(13-21(20)39(2,36)37)18-7-8-19-22(33-18)23(31)35(25(10-11-25)26(28,29)30)24(32)34(19)14-15-4-3-5-17(27)12-15/h3-9,12-13,23-24H,10-11,14,31-32H2,1-2H3. The number of aromatic nitrogens is 1. The van der Waals surface area contributed by atoms with Gasteiger partial charge in [0.05, 0.1) is 24.2 Å². The minimum atomic E-state index is -4.59. The molecule has 2 heterocycles. The van der Waals surface area contributed by atoms with E-state index >= 15 is 0 Å². The Kier molecular flexibility index (Phi) is 6.61. The molecular formula is C26H27F4N5O3S. The van der Waals surface area contributed by atoms with Gasteiger partial charge in [-0.15, -0.1) is 0 Å². The van der Waals surface area contributed by atoms with Crippen molar-refractivity contribution in [2.45, 2.75) is 48.5 Å². The largest absolute Gasteiger partial charge is 0.495 e. The van der Waals surface area contributed by atoms with Crippen LogP contribution in [0.4, 0.5) is 23.2 Å². The zero-order valence-corrected chi connectivity index (χ0v) is 21.9. The number of alkyl halides is 3. The summed E-state index contributed by atoms with van der Waals surface area (Å²) in [6, 6.07) is 13.4. The number of anilines is 1. The van der Waals surface area contributed by atoms with Crippen LogP contribution in [0, 0.1) is 5.82 Å². The molecule has 5 rings (SSSR count). The summed E-state index contributed by atoms with van der Waals surface area (Å²) in [5.41, 5.74) is 12.4. The van der Waals surface area contributed by atoms with Gasteiger partial charge in [0, 0.05) is 18.4 Å². The first-order valence-electron chi connectivity index (χ1n) is 12.0. The van der Waals surface area contributed by atoms with E-state index in [-0.39, 0.29) is 35.7 Å². The van der Waals surface area contributed by atoms with Gasteiger partial charge in [-0.05, 0) is 60.9 Å². The van der Waals surface area contributed by atoms with Crippen LogP contribution in [-0.4, -0.2) is 49.7 Å². The molecule has 2 unspecified atom stereocenters. The predicted octanol–water partition coefficient (Wildman–Crippen LogP) is 3.92. The van der Waals surface area contributed by atoms with E-state index in [4.69, 9.17) is 16.2 Å². The van der Waals surface area contributed by atoms with Crippen LogP contribution < -0.4 is 21.1 Å². The van der Waals surface area contributed by atoms with E-state index in [0.717, 1.165) is 11.2 Å². The summed E-state index contributed by atoms with van der Waals surface area (Å²) in [5, 5.41) is 0. The summed E-state index contributed by atoms with van der Waals surface area (Å²) in [4.78, 5) is 7.11. The van der Waals surface area contributed by atoms with Crippen molar-refractivity contribution in [1.29, 1.82) is 0 Å². The second-order valence-corrected chi connectivity index (χ2v) is 11.8. The minimum absolute atomic E-state index is 0.00483. The fourth-order valence-electron chi connectivity index (χ4n) is 5.14. The molecule has 1 aliphatic carbocycles. The number of rotatable bonds is 6. The molecule has 1 saturated carbocycles. The monoisotopic (exact) mass is 565 g/mol. The highest BCUT2D eigenvalue weighted by Gasteiger charge is 2.70. The van der Waals surface area contributed by atoms with Gasteiger partial charge in [-0.2, -0.15) is 13.2 Å². The average molecular weight is 566 g/mol. The molecule has 3 aromatic rings. The normalized spacial score (nSPS) is 21.0. The number of nitrogens with two attached hydrogens (primary N) is 2. The summed E-state index contributed by atoms with van der Waals surface area (Å²) in [5.74, 6) is -0.342. The third-order valence-corrected chi connectivity index (χ3v) is 8.36. The summed E-state index contributed by atoms with van der Waals surface area (Å²) >= 11 is 0. The van der Waals surface area contributed by atoms with Crippen molar-refractivity contribution in [2.24, 2.45) is 11.5 Å². The molecule has 0 bridgehead atoms. The lowest BCUT2D eigenvalue weighted by atomic mass is 10.0. The molecule has 4 N–H and O–H groups in total. The number of methoxy groups -OCH3 is 1. The van der Waals surface area contributed by atoms with Gasteiger partial charge in [0.1, 0.15) is 34.5 Å². The van der Waals surface area contributed by atoms with Crippen LogP contribution in [0.15, 0.2) is 59.5 Å². The average Bonchev–Trinajstić information content (AvgIpc) is 3.67. The SMILES string of the molecule is COc1ccc(-c2ccc3c(n2)C(N)N(C2(C(F)(F)F)CC2)C(N)N3Cc2cccc(F)c2)cc1S(C)(=O)=O. The van der Waals surface area contributed by atoms with Crippen molar-refractivity contribution in [3.63, 3.8) is 0 Å². The number of hydrogen-bond acceptors (Lipinski definition) is 8. The lowest BCUT2D eigenvalue weighted by molar-refractivity contribution is -0.211. The fraction of sp³-hybridized carbons (Fsp3) is 0.346. The van der Waals surface area contributed by atoms with E-state index in [1.165, 1.54) is 42.3 Å². The number of hydrogen-bond donors (Lipinski definition) is 2. The van der Waals surface area contributed by atoms with E-state index in [1.54, 1.807) is 24.3 Å². The third-order valence-electron chi connectivity index (χ3n) is 7.24. The summed E-state index contributed by atoms with van der Waals surface area (Å²) in [6.07, 6.45) is -6.47. The van der Waals surface area contributed by atoms with Crippen LogP contribution in [0.5, 0.6) is 5.75 Å². The lowest BCUT2D eigenvalue weighted by Crippen LogP contribution is -2.67. The van der Waals surface area contributed by atoms with Crippen LogP contribution in [0.1, 0.15) is 30.3 Å². The number of pyridine rings is 1. The number of nitrogens with zero attached hydrogens (tertiary/aromatic N) is 3. The molecule has 0 spiro atoms. The van der Waals surface area contributed by atoms with Crippen LogP contribution in [0.3, 0.4) is 0 Å². The highest BCUT2D eigenvalue weighted by molar-refractivity contribution is 7.90. The molecule has 1 fully saturated rings. The quantitative estimate of drug-likeness (QED) is 0.433. The maximum absolute atomic E-state index is 14.3. The molecule has 8 nitrogen and oxygen atoms in total. The molecule has 2 aromatic carbocycles. The maximum Gasteiger partial charge on any atom is 0.406 e. The molecule has 0 radical (unpaired) electrons. The molecule has 208 valence electrons. The summed E-state index contributed by atoms with van der Waals surface area (Å²) in [6.45, 7) is 0.00483. The fourth-order valence-corrected chi connectivity index (χ4v) is 6.00. The van der Waals surface area contributed by atoms with E-state index in [2.05, 4.69) is 4.98 Å². The highest BCUT2D eigenvalue weighted by Crippen LogP contribution is 2.57. The van der Waals surface area contributed by atoms with Gasteiger partial charge in [-0.25, -0.2) is 22.7 Å². The molecule has 0 amide bonds. The zero-order valence-electron chi connectivity index (χ0n) is 21.1. The van der Waals surface area contributed by atoms with Gasteiger partial charge in [-0.1, -0.05) is 12.1 Å². The Bertz CT molecular complexity index is 1530. The van der Waals surface area contributed by atoms with Crippen LogP contribution in [0.2, 0.25) is 0 Å². The van der Waals surface area contributed by atoms with Gasteiger partial charge in [0.25, 0.3) is 0 Å². The molecule has 2 aliphatic rings. The number of benzene rings is 2. The second kappa shape index (κ2) is 9.44. The molecular weight excluding hydrogens is 538 g/mol. The van der Waals surface area contributed by atoms with Crippen molar-refractivity contribution < 1.29 is 30.7 Å². The predicted molar refractivity (Wildman–Crippen MR) is 137 cm³/mol. The van der Waals surface area contributed by atoms with Crippen LogP contribution >= 0.6 is 0 Å². The Labute approximate surface area is 223 Å². The Hall–Kier alpha value is -3.26. The van der Waals surface area contributed by atoms with Gasteiger partial charge in [0.2, 0.25) is 0 Å². The van der Waals surface area contributed by atoms with Gasteiger partial charge in [-0.3, -0.25) is 5.73 Å². The molecule has 1 aliphatic heterocycles. The Morgan fingerprint density at radius 1 is 1.10 bits per heavy atom. The molecule has 13 heteroatoms. The second-order valence-electron chi connectivity index (χ2n) is 9.79. The van der Waals surface area contributed by atoms with Crippen molar-refractivity contribution in [1.82, 2.24) is 9.88 Å². The van der Waals surface area contributed by atoms with Crippen molar-refractivity contribution in [3.8, 4) is 17.0 Å². The number of fused-ring (bicyclic) bond motifs is 1. The number of ether oxygens (including phenoxy) is 1. The third kappa shape index (κ3) is 4.73.